The number of hydrogen-bond acceptors (Lipinski definition) is 7. The van der Waals surface area contributed by atoms with Crippen LogP contribution in [0.1, 0.15) is 5.56 Å². The molecule has 2 aromatic carbocycles. The second-order valence-corrected chi connectivity index (χ2v) is 7.93. The molecule has 2 aromatic heterocycles. The third-order valence-electron chi connectivity index (χ3n) is 4.90. The second kappa shape index (κ2) is 8.98. The van der Waals surface area contributed by atoms with Gasteiger partial charge in [0.2, 0.25) is 0 Å². The van der Waals surface area contributed by atoms with E-state index in [1.54, 1.807) is 22.5 Å². The van der Waals surface area contributed by atoms with Gasteiger partial charge in [0.1, 0.15) is 30.6 Å². The van der Waals surface area contributed by atoms with Crippen molar-refractivity contribution in [3.05, 3.63) is 77.4 Å². The summed E-state index contributed by atoms with van der Waals surface area (Å²) >= 11 is 1.28. The summed E-state index contributed by atoms with van der Waals surface area (Å²) in [7, 11) is 0. The number of para-hydroxylation sites is 1. The fourth-order valence-electron chi connectivity index (χ4n) is 3.37. The molecule has 1 N–H and O–H groups in total. The van der Waals surface area contributed by atoms with Crippen LogP contribution in [-0.2, 0) is 4.79 Å². The topological polar surface area (TPSA) is 102 Å². The zero-order chi connectivity index (χ0) is 22.6. The smallest absolute Gasteiger partial charge is 0.268 e. The number of thiazole rings is 1. The van der Waals surface area contributed by atoms with Gasteiger partial charge in [0.25, 0.3) is 5.91 Å². The van der Waals surface area contributed by atoms with Crippen molar-refractivity contribution in [3.8, 4) is 34.5 Å². The zero-order valence-corrected chi connectivity index (χ0v) is 18.1. The zero-order valence-electron chi connectivity index (χ0n) is 17.3. The Kier molecular flexibility index (Phi) is 5.57. The van der Waals surface area contributed by atoms with Gasteiger partial charge in [-0.25, -0.2) is 9.67 Å². The van der Waals surface area contributed by atoms with Crippen LogP contribution in [0.25, 0.3) is 23.0 Å². The van der Waals surface area contributed by atoms with Crippen molar-refractivity contribution in [2.45, 2.75) is 0 Å². The van der Waals surface area contributed by atoms with Crippen molar-refractivity contribution in [1.82, 2.24) is 14.8 Å². The summed E-state index contributed by atoms with van der Waals surface area (Å²) in [5, 5.41) is 19.2. The number of carbonyl (C=O) groups excluding carboxylic acids is 1. The normalized spacial score (nSPS) is 12.8. The summed E-state index contributed by atoms with van der Waals surface area (Å²) < 4.78 is 13.1. The molecule has 3 heterocycles. The van der Waals surface area contributed by atoms with Crippen LogP contribution < -0.4 is 14.8 Å². The van der Waals surface area contributed by atoms with Gasteiger partial charge in [-0.05, 0) is 36.4 Å². The van der Waals surface area contributed by atoms with Gasteiger partial charge in [0.05, 0.1) is 5.69 Å². The van der Waals surface area contributed by atoms with Crippen LogP contribution >= 0.6 is 11.3 Å². The molecule has 162 valence electrons. The average molecular weight is 455 g/mol. The number of nitrogens with zero attached hydrogens (tertiary/aromatic N) is 4. The number of nitrogens with one attached hydrogen (secondary N) is 1. The first-order valence-corrected chi connectivity index (χ1v) is 11.0. The molecular formula is C24H17N5O3S. The van der Waals surface area contributed by atoms with Crippen LogP contribution in [-0.4, -0.2) is 33.9 Å². The molecule has 0 saturated carbocycles. The summed E-state index contributed by atoms with van der Waals surface area (Å²) in [6.07, 6.45) is 4.90. The van der Waals surface area contributed by atoms with Gasteiger partial charge < -0.3 is 9.47 Å². The van der Waals surface area contributed by atoms with E-state index in [4.69, 9.17) is 14.6 Å². The van der Waals surface area contributed by atoms with E-state index in [-0.39, 0.29) is 5.57 Å². The SMILES string of the molecule is N#C/C(=C/c1cn(-c2ccccc2)nc1-c1ccc2c(c1)OCCO2)C(=O)Nc1nccs1. The van der Waals surface area contributed by atoms with Gasteiger partial charge in [-0.1, -0.05) is 18.2 Å². The number of hydrogen-bond donors (Lipinski definition) is 1. The molecule has 0 atom stereocenters. The van der Waals surface area contributed by atoms with E-state index >= 15 is 0 Å². The number of ether oxygens (including phenoxy) is 2. The van der Waals surface area contributed by atoms with Gasteiger partial charge in [-0.2, -0.15) is 10.4 Å². The predicted octanol–water partition coefficient (Wildman–Crippen LogP) is 4.31. The summed E-state index contributed by atoms with van der Waals surface area (Å²) in [6.45, 7) is 0.972. The van der Waals surface area contributed by atoms with Crippen LogP contribution in [0, 0.1) is 11.3 Å². The highest BCUT2D eigenvalue weighted by Crippen LogP contribution is 2.36. The Morgan fingerprint density at radius 2 is 1.97 bits per heavy atom. The largest absolute Gasteiger partial charge is 0.486 e. The third-order valence-corrected chi connectivity index (χ3v) is 5.59. The number of amides is 1. The molecule has 1 aliphatic heterocycles. The van der Waals surface area contributed by atoms with E-state index in [0.29, 0.717) is 41.1 Å². The number of anilines is 1. The Bertz CT molecular complexity index is 1370. The summed E-state index contributed by atoms with van der Waals surface area (Å²) in [6, 6.07) is 17.2. The lowest BCUT2D eigenvalue weighted by Gasteiger charge is -2.18. The number of aromatic nitrogens is 3. The molecule has 1 amide bonds. The van der Waals surface area contributed by atoms with Crippen molar-refractivity contribution in [1.29, 1.82) is 5.26 Å². The molecule has 4 aromatic rings. The summed E-state index contributed by atoms with van der Waals surface area (Å²) in [5.41, 5.74) is 2.78. The van der Waals surface area contributed by atoms with E-state index in [1.165, 1.54) is 17.4 Å². The standard InChI is InChI=1S/C24H17N5O3S/c25-14-17(23(30)27-24-26-8-11-33-24)12-18-15-29(19-4-2-1-3-5-19)28-22(18)16-6-7-20-21(13-16)32-10-9-31-20/h1-8,11-13,15H,9-10H2,(H,26,27,30)/b17-12-. The quantitative estimate of drug-likeness (QED) is 0.355. The molecule has 0 radical (unpaired) electrons. The minimum absolute atomic E-state index is 0.0587. The third kappa shape index (κ3) is 4.33. The molecule has 1 aliphatic rings. The molecule has 5 rings (SSSR count). The Hall–Kier alpha value is -4.42. The number of benzene rings is 2. The molecule has 33 heavy (non-hydrogen) atoms. The van der Waals surface area contributed by atoms with Crippen molar-refractivity contribution in [2.24, 2.45) is 0 Å². The van der Waals surface area contributed by atoms with E-state index in [2.05, 4.69) is 10.3 Å². The Balaban J connectivity index is 1.58. The van der Waals surface area contributed by atoms with E-state index in [9.17, 15) is 10.1 Å². The molecule has 9 heteroatoms. The first kappa shape index (κ1) is 20.5. The predicted molar refractivity (Wildman–Crippen MR) is 124 cm³/mol. The highest BCUT2D eigenvalue weighted by molar-refractivity contribution is 7.13. The highest BCUT2D eigenvalue weighted by atomic mass is 32.1. The van der Waals surface area contributed by atoms with E-state index in [1.807, 2.05) is 54.6 Å². The first-order chi connectivity index (χ1) is 16.2. The lowest BCUT2D eigenvalue weighted by Crippen LogP contribution is -2.15. The molecule has 0 unspecified atom stereocenters. The molecule has 8 nitrogen and oxygen atoms in total. The maximum atomic E-state index is 12.7. The molecule has 0 fully saturated rings. The average Bonchev–Trinajstić information content (AvgIpc) is 3.53. The maximum Gasteiger partial charge on any atom is 0.268 e. The Morgan fingerprint density at radius 1 is 1.15 bits per heavy atom. The van der Waals surface area contributed by atoms with Gasteiger partial charge in [-0.3, -0.25) is 10.1 Å². The van der Waals surface area contributed by atoms with E-state index < -0.39 is 5.91 Å². The van der Waals surface area contributed by atoms with Crippen molar-refractivity contribution in [2.75, 3.05) is 18.5 Å². The monoisotopic (exact) mass is 455 g/mol. The van der Waals surface area contributed by atoms with Crippen LogP contribution in [0.2, 0.25) is 0 Å². The minimum Gasteiger partial charge on any atom is -0.486 e. The van der Waals surface area contributed by atoms with E-state index in [0.717, 1.165) is 11.3 Å². The van der Waals surface area contributed by atoms with Crippen LogP contribution in [0.3, 0.4) is 0 Å². The fourth-order valence-corrected chi connectivity index (χ4v) is 3.90. The summed E-state index contributed by atoms with van der Waals surface area (Å²) in [5.74, 6) is 0.767. The van der Waals surface area contributed by atoms with Crippen LogP contribution in [0.4, 0.5) is 5.13 Å². The Labute approximate surface area is 193 Å². The molecule has 0 aliphatic carbocycles. The highest BCUT2D eigenvalue weighted by Gasteiger charge is 2.18. The van der Waals surface area contributed by atoms with Crippen LogP contribution in [0.5, 0.6) is 11.5 Å². The number of fused-ring (bicyclic) bond motifs is 1. The number of carbonyl (C=O) groups is 1. The van der Waals surface area contributed by atoms with Crippen molar-refractivity contribution < 1.29 is 14.3 Å². The fraction of sp³-hybridized carbons (Fsp3) is 0.0833. The number of rotatable bonds is 5. The molecule has 0 spiro atoms. The number of nitriles is 1. The first-order valence-electron chi connectivity index (χ1n) is 10.1. The van der Waals surface area contributed by atoms with Gasteiger partial charge in [0.15, 0.2) is 16.6 Å². The van der Waals surface area contributed by atoms with Crippen LogP contribution in [0.15, 0.2) is 71.9 Å². The van der Waals surface area contributed by atoms with Gasteiger partial charge >= 0.3 is 0 Å². The maximum absolute atomic E-state index is 12.7. The van der Waals surface area contributed by atoms with Crippen molar-refractivity contribution >= 4 is 28.5 Å². The minimum atomic E-state index is -0.534. The van der Waals surface area contributed by atoms with Gasteiger partial charge in [-0.15, -0.1) is 11.3 Å². The molecule has 0 saturated heterocycles. The molecular weight excluding hydrogens is 438 g/mol. The molecule has 0 bridgehead atoms. The second-order valence-electron chi connectivity index (χ2n) is 7.03. The summed E-state index contributed by atoms with van der Waals surface area (Å²) in [4.78, 5) is 16.7. The van der Waals surface area contributed by atoms with Gasteiger partial charge in [0, 0.05) is 28.9 Å². The lowest BCUT2D eigenvalue weighted by molar-refractivity contribution is -0.112. The Morgan fingerprint density at radius 3 is 2.73 bits per heavy atom. The lowest BCUT2D eigenvalue weighted by atomic mass is 10.0. The van der Waals surface area contributed by atoms with Crippen molar-refractivity contribution in [3.63, 3.8) is 0 Å².